The molecule has 19 heavy (non-hydrogen) atoms. The van der Waals surface area contributed by atoms with Gasteiger partial charge in [0, 0.05) is 0 Å². The second kappa shape index (κ2) is 5.49. The van der Waals surface area contributed by atoms with Gasteiger partial charge in [-0.3, -0.25) is 14.5 Å². The van der Waals surface area contributed by atoms with E-state index in [9.17, 15) is 9.59 Å². The summed E-state index contributed by atoms with van der Waals surface area (Å²) >= 11 is 3.36. The van der Waals surface area contributed by atoms with Gasteiger partial charge in [-0.25, -0.2) is 0 Å². The van der Waals surface area contributed by atoms with Crippen molar-refractivity contribution in [2.75, 3.05) is 0 Å². The molecule has 2 rings (SSSR count). The molecule has 1 saturated heterocycles. The Labute approximate surface area is 122 Å². The highest BCUT2D eigenvalue weighted by Gasteiger charge is 2.48. The van der Waals surface area contributed by atoms with Crippen molar-refractivity contribution in [1.29, 1.82) is 0 Å². The fourth-order valence-electron chi connectivity index (χ4n) is 3.05. The Bertz CT molecular complexity index is 458. The van der Waals surface area contributed by atoms with Crippen LogP contribution in [0.25, 0.3) is 0 Å². The fraction of sp³-hybridized carbons (Fsp3) is 0.571. The van der Waals surface area contributed by atoms with E-state index in [4.69, 9.17) is 0 Å². The molecule has 0 aromatic rings. The molecule has 4 nitrogen and oxygen atoms in total. The molecule has 104 valence electrons. The highest BCUT2D eigenvalue weighted by atomic mass is 79.9. The van der Waals surface area contributed by atoms with Crippen LogP contribution in [0.1, 0.15) is 46.0 Å². The predicted molar refractivity (Wildman–Crippen MR) is 77.2 cm³/mol. The van der Waals surface area contributed by atoms with Gasteiger partial charge in [-0.1, -0.05) is 22.4 Å². The lowest BCUT2D eigenvalue weighted by molar-refractivity contribution is -0.121. The molecule has 0 radical (unpaired) electrons. The molecule has 0 aromatic heterocycles. The summed E-state index contributed by atoms with van der Waals surface area (Å²) in [6.07, 6.45) is 7.60. The van der Waals surface area contributed by atoms with Crippen molar-refractivity contribution < 1.29 is 9.59 Å². The maximum absolute atomic E-state index is 12.2. The molecule has 1 spiro atoms. The van der Waals surface area contributed by atoms with E-state index in [1.54, 1.807) is 4.90 Å². The third-order valence-electron chi connectivity index (χ3n) is 3.84. The molecule has 5 heteroatoms. The van der Waals surface area contributed by atoms with E-state index >= 15 is 0 Å². The summed E-state index contributed by atoms with van der Waals surface area (Å²) < 4.78 is 0.931. The first-order valence-corrected chi connectivity index (χ1v) is 7.41. The third-order valence-corrected chi connectivity index (χ3v) is 4.07. The molecule has 0 aromatic carbocycles. The average molecular weight is 327 g/mol. The van der Waals surface area contributed by atoms with Crippen LogP contribution in [0.15, 0.2) is 21.8 Å². The Kier molecular flexibility index (Phi) is 4.13. The molecule has 1 aliphatic carbocycles. The second-order valence-corrected chi connectivity index (χ2v) is 6.54. The third kappa shape index (κ3) is 2.61. The van der Waals surface area contributed by atoms with Crippen LogP contribution in [0.5, 0.6) is 0 Å². The standard InChI is InChI=1S/C14H19BrN2O2/c1-10(8-11(2)15)12-13(19)16-14(17(12)9-18)6-4-3-5-7-14/h8-9H,3-7H2,1-2H3,(H,16,19)/b11-8+,12-10-. The zero-order valence-corrected chi connectivity index (χ0v) is 12.9. The average Bonchev–Trinajstić information content (AvgIpc) is 2.61. The van der Waals surface area contributed by atoms with Gasteiger partial charge in [0.1, 0.15) is 11.4 Å². The van der Waals surface area contributed by atoms with Crippen molar-refractivity contribution in [2.24, 2.45) is 0 Å². The molecule has 2 aliphatic rings. The van der Waals surface area contributed by atoms with Gasteiger partial charge in [-0.2, -0.15) is 0 Å². The lowest BCUT2D eigenvalue weighted by atomic mass is 9.88. The number of rotatable bonds is 2. The van der Waals surface area contributed by atoms with Crippen LogP contribution in [-0.2, 0) is 9.59 Å². The van der Waals surface area contributed by atoms with Crippen LogP contribution in [-0.4, -0.2) is 22.9 Å². The molecule has 0 bridgehead atoms. The number of halogens is 1. The number of hydrogen-bond acceptors (Lipinski definition) is 2. The molecule has 1 N–H and O–H groups in total. The molecular formula is C14H19BrN2O2. The number of nitrogens with one attached hydrogen (secondary N) is 1. The van der Waals surface area contributed by atoms with Gasteiger partial charge in [0.2, 0.25) is 6.41 Å². The largest absolute Gasteiger partial charge is 0.327 e. The van der Waals surface area contributed by atoms with Crippen molar-refractivity contribution in [3.05, 3.63) is 21.8 Å². The maximum atomic E-state index is 12.2. The van der Waals surface area contributed by atoms with Gasteiger partial charge in [0.25, 0.3) is 5.91 Å². The van der Waals surface area contributed by atoms with Gasteiger partial charge in [0.05, 0.1) is 0 Å². The van der Waals surface area contributed by atoms with Gasteiger partial charge >= 0.3 is 0 Å². The Balaban J connectivity index is 2.43. The van der Waals surface area contributed by atoms with Crippen molar-refractivity contribution in [1.82, 2.24) is 10.2 Å². The Hall–Kier alpha value is -1.10. The van der Waals surface area contributed by atoms with E-state index in [-0.39, 0.29) is 5.91 Å². The second-order valence-electron chi connectivity index (χ2n) is 5.28. The lowest BCUT2D eigenvalue weighted by Gasteiger charge is -2.38. The molecule has 0 unspecified atom stereocenters. The Morgan fingerprint density at radius 2 is 1.95 bits per heavy atom. The predicted octanol–water partition coefficient (Wildman–Crippen LogP) is 2.81. The van der Waals surface area contributed by atoms with E-state index in [1.165, 1.54) is 6.42 Å². The van der Waals surface area contributed by atoms with Crippen LogP contribution in [0.4, 0.5) is 0 Å². The summed E-state index contributed by atoms with van der Waals surface area (Å²) in [5, 5.41) is 3.03. The molecule has 2 amide bonds. The quantitative estimate of drug-likeness (QED) is 0.626. The smallest absolute Gasteiger partial charge is 0.270 e. The number of carbonyl (C=O) groups is 2. The van der Waals surface area contributed by atoms with Gasteiger partial charge in [-0.15, -0.1) is 0 Å². The number of carbonyl (C=O) groups excluding carboxylic acids is 2. The minimum Gasteiger partial charge on any atom is -0.327 e. The summed E-state index contributed by atoms with van der Waals surface area (Å²) in [7, 11) is 0. The van der Waals surface area contributed by atoms with Crippen molar-refractivity contribution in [2.45, 2.75) is 51.6 Å². The summed E-state index contributed by atoms with van der Waals surface area (Å²) in [4.78, 5) is 25.3. The van der Waals surface area contributed by atoms with Crippen LogP contribution < -0.4 is 5.32 Å². The Morgan fingerprint density at radius 1 is 1.32 bits per heavy atom. The molecule has 1 aliphatic heterocycles. The number of hydrogen-bond donors (Lipinski definition) is 1. The van der Waals surface area contributed by atoms with Crippen molar-refractivity contribution in [3.63, 3.8) is 0 Å². The van der Waals surface area contributed by atoms with E-state index < -0.39 is 5.66 Å². The monoisotopic (exact) mass is 326 g/mol. The molecule has 1 heterocycles. The molecule has 1 saturated carbocycles. The van der Waals surface area contributed by atoms with Crippen LogP contribution in [0.3, 0.4) is 0 Å². The minimum absolute atomic E-state index is 0.142. The highest BCUT2D eigenvalue weighted by Crippen LogP contribution is 2.38. The normalized spacial score (nSPS) is 25.5. The van der Waals surface area contributed by atoms with E-state index in [0.717, 1.165) is 42.1 Å². The topological polar surface area (TPSA) is 49.4 Å². The Morgan fingerprint density at radius 3 is 2.47 bits per heavy atom. The van der Waals surface area contributed by atoms with Gasteiger partial charge in [-0.05, 0) is 55.7 Å². The molecular weight excluding hydrogens is 308 g/mol. The summed E-state index contributed by atoms with van der Waals surface area (Å²) in [6, 6.07) is 0. The molecule has 0 atom stereocenters. The van der Waals surface area contributed by atoms with Crippen molar-refractivity contribution >= 4 is 28.2 Å². The van der Waals surface area contributed by atoms with Crippen LogP contribution in [0, 0.1) is 0 Å². The zero-order valence-electron chi connectivity index (χ0n) is 11.3. The van der Waals surface area contributed by atoms with E-state index in [1.807, 2.05) is 19.9 Å². The van der Waals surface area contributed by atoms with Gasteiger partial charge in [0.15, 0.2) is 0 Å². The highest BCUT2D eigenvalue weighted by molar-refractivity contribution is 9.11. The number of nitrogens with zero attached hydrogens (tertiary/aromatic N) is 1. The zero-order chi connectivity index (χ0) is 14.0. The van der Waals surface area contributed by atoms with E-state index in [2.05, 4.69) is 21.2 Å². The first-order chi connectivity index (χ1) is 9.00. The summed E-state index contributed by atoms with van der Waals surface area (Å²) in [5.41, 5.74) is 0.805. The van der Waals surface area contributed by atoms with Crippen molar-refractivity contribution in [3.8, 4) is 0 Å². The first kappa shape index (κ1) is 14.3. The molecule has 2 fully saturated rings. The summed E-state index contributed by atoms with van der Waals surface area (Å²) in [6.45, 7) is 3.76. The maximum Gasteiger partial charge on any atom is 0.270 e. The SMILES string of the molecule is CC(/C=C(\C)Br)=C1\C(=O)NC2(CCCCC2)N1C=O. The number of amides is 2. The number of allylic oxidation sites excluding steroid dienone is 3. The minimum atomic E-state index is -0.484. The summed E-state index contributed by atoms with van der Waals surface area (Å²) in [5.74, 6) is -0.142. The van der Waals surface area contributed by atoms with Crippen LogP contribution >= 0.6 is 15.9 Å². The van der Waals surface area contributed by atoms with Crippen LogP contribution in [0.2, 0.25) is 0 Å². The first-order valence-electron chi connectivity index (χ1n) is 6.62. The lowest BCUT2D eigenvalue weighted by Crippen LogP contribution is -2.52. The fourth-order valence-corrected chi connectivity index (χ4v) is 3.39. The van der Waals surface area contributed by atoms with E-state index in [0.29, 0.717) is 5.70 Å². The van der Waals surface area contributed by atoms with Gasteiger partial charge < -0.3 is 5.32 Å².